The highest BCUT2D eigenvalue weighted by Crippen LogP contribution is 2.36. The second-order valence-corrected chi connectivity index (χ2v) is 10.2. The Kier molecular flexibility index (Phi) is 7.65. The maximum Gasteiger partial charge on any atom is 0.267 e. The molecule has 168 valence electrons. The van der Waals surface area contributed by atoms with Crippen LogP contribution in [0.5, 0.6) is 5.75 Å². The standard InChI is InChI=1S/C22H13Br2Cl2N3O3S/c23-14-7-13(20(30)16(24)9-14)10-27-28-22-29(11-15-4-2-6-32-15)21(31)18(33-22)8-12-3-1-5-17(25)19(12)26/h1-10,30H,11H2/b18-8-,27-10-,28-22+. The molecule has 1 aliphatic heterocycles. The van der Waals surface area contributed by atoms with Crippen LogP contribution in [0.2, 0.25) is 10.0 Å². The first-order valence-corrected chi connectivity index (χ1v) is 12.5. The molecular weight excluding hydrogens is 617 g/mol. The molecule has 3 aromatic rings. The number of hydrogen-bond donors (Lipinski definition) is 1. The summed E-state index contributed by atoms with van der Waals surface area (Å²) in [7, 11) is 0. The van der Waals surface area contributed by atoms with Gasteiger partial charge in [0.1, 0.15) is 11.5 Å². The third-order valence-corrected chi connectivity index (χ3v) is 7.34. The van der Waals surface area contributed by atoms with E-state index in [9.17, 15) is 9.90 Å². The highest BCUT2D eigenvalue weighted by atomic mass is 79.9. The molecule has 33 heavy (non-hydrogen) atoms. The molecular formula is C22H13Br2Cl2N3O3S. The number of amides is 1. The van der Waals surface area contributed by atoms with Gasteiger partial charge in [-0.3, -0.25) is 9.69 Å². The summed E-state index contributed by atoms with van der Waals surface area (Å²) in [6.45, 7) is 0.182. The third-order valence-electron chi connectivity index (χ3n) is 4.45. The number of rotatable bonds is 5. The van der Waals surface area contributed by atoms with Crippen LogP contribution >= 0.6 is 66.8 Å². The van der Waals surface area contributed by atoms with Crippen LogP contribution in [-0.4, -0.2) is 27.3 Å². The fraction of sp³-hybridized carbons (Fsp3) is 0.0455. The first kappa shape index (κ1) is 24.1. The zero-order valence-corrected chi connectivity index (χ0v) is 22.0. The van der Waals surface area contributed by atoms with Crippen molar-refractivity contribution in [3.63, 3.8) is 0 Å². The van der Waals surface area contributed by atoms with Crippen LogP contribution in [0.3, 0.4) is 0 Å². The molecule has 1 amide bonds. The number of benzene rings is 2. The van der Waals surface area contributed by atoms with Gasteiger partial charge in [0.15, 0.2) is 5.17 Å². The van der Waals surface area contributed by atoms with E-state index in [1.54, 1.807) is 48.5 Å². The minimum atomic E-state index is -0.269. The number of phenolic OH excluding ortho intramolecular Hbond substituents is 1. The maximum atomic E-state index is 13.2. The van der Waals surface area contributed by atoms with Gasteiger partial charge in [0.05, 0.1) is 38.4 Å². The third kappa shape index (κ3) is 5.55. The predicted molar refractivity (Wildman–Crippen MR) is 140 cm³/mol. The molecule has 0 saturated carbocycles. The van der Waals surface area contributed by atoms with Crippen molar-refractivity contribution in [1.82, 2.24) is 4.90 Å². The van der Waals surface area contributed by atoms with E-state index in [0.717, 1.165) is 16.2 Å². The number of hydrogen-bond acceptors (Lipinski definition) is 6. The first-order chi connectivity index (χ1) is 15.8. The van der Waals surface area contributed by atoms with Gasteiger partial charge in [-0.15, -0.1) is 5.10 Å². The molecule has 11 heteroatoms. The van der Waals surface area contributed by atoms with Crippen molar-refractivity contribution in [3.8, 4) is 5.75 Å². The van der Waals surface area contributed by atoms with Crippen molar-refractivity contribution in [1.29, 1.82) is 0 Å². The van der Waals surface area contributed by atoms with Gasteiger partial charge >= 0.3 is 0 Å². The van der Waals surface area contributed by atoms with Gasteiger partial charge in [0.25, 0.3) is 5.91 Å². The van der Waals surface area contributed by atoms with E-state index in [4.69, 9.17) is 27.6 Å². The number of furan rings is 1. The molecule has 0 atom stereocenters. The summed E-state index contributed by atoms with van der Waals surface area (Å²) in [6.07, 6.45) is 4.61. The van der Waals surface area contributed by atoms with Gasteiger partial charge in [-0.05, 0) is 69.7 Å². The molecule has 1 fully saturated rings. The normalized spacial score (nSPS) is 16.6. The van der Waals surface area contributed by atoms with Crippen molar-refractivity contribution < 1.29 is 14.3 Å². The molecule has 1 saturated heterocycles. The lowest BCUT2D eigenvalue weighted by Crippen LogP contribution is -2.28. The quantitative estimate of drug-likeness (QED) is 0.182. The summed E-state index contributed by atoms with van der Waals surface area (Å²) in [4.78, 5) is 15.0. The minimum Gasteiger partial charge on any atom is -0.506 e. The zero-order valence-electron chi connectivity index (χ0n) is 16.5. The van der Waals surface area contributed by atoms with Crippen molar-refractivity contribution in [2.45, 2.75) is 6.54 Å². The molecule has 6 nitrogen and oxygen atoms in total. The van der Waals surface area contributed by atoms with Gasteiger partial charge in [0.2, 0.25) is 0 Å². The number of aromatic hydroxyl groups is 1. The predicted octanol–water partition coefficient (Wildman–Crippen LogP) is 7.32. The van der Waals surface area contributed by atoms with Gasteiger partial charge in [-0.1, -0.05) is 51.3 Å². The van der Waals surface area contributed by atoms with Crippen molar-refractivity contribution in [2.24, 2.45) is 10.2 Å². The van der Waals surface area contributed by atoms with Gasteiger partial charge < -0.3 is 9.52 Å². The van der Waals surface area contributed by atoms with E-state index in [2.05, 4.69) is 42.1 Å². The highest BCUT2D eigenvalue weighted by Gasteiger charge is 2.34. The Bertz CT molecular complexity index is 1310. The molecule has 1 aliphatic rings. The van der Waals surface area contributed by atoms with Gasteiger partial charge in [-0.2, -0.15) is 5.10 Å². The Hall–Kier alpha value is -2.04. The molecule has 0 aliphatic carbocycles. The average Bonchev–Trinajstić information content (AvgIpc) is 3.39. The van der Waals surface area contributed by atoms with Crippen LogP contribution in [0.4, 0.5) is 0 Å². The summed E-state index contributed by atoms with van der Waals surface area (Å²) in [5.74, 6) is 0.353. The summed E-state index contributed by atoms with van der Waals surface area (Å²) >= 11 is 20.2. The molecule has 0 radical (unpaired) electrons. The molecule has 0 unspecified atom stereocenters. The van der Waals surface area contributed by atoms with Crippen LogP contribution in [-0.2, 0) is 11.3 Å². The van der Waals surface area contributed by atoms with Crippen LogP contribution in [0.1, 0.15) is 16.9 Å². The molecule has 2 aromatic carbocycles. The second kappa shape index (κ2) is 10.5. The van der Waals surface area contributed by atoms with E-state index in [-0.39, 0.29) is 18.2 Å². The Morgan fingerprint density at radius 3 is 2.73 bits per heavy atom. The number of carbonyl (C=O) groups excluding carboxylic acids is 1. The van der Waals surface area contributed by atoms with Gasteiger partial charge in [-0.25, -0.2) is 0 Å². The summed E-state index contributed by atoms with van der Waals surface area (Å²) < 4.78 is 6.67. The fourth-order valence-corrected chi connectivity index (χ4v) is 5.42. The minimum absolute atomic E-state index is 0.0286. The SMILES string of the molecule is O=C1/C(=C/c2cccc(Cl)c2Cl)S/C(=N/N=C\c2cc(Br)cc(Br)c2O)N1Cc1ccco1. The lowest BCUT2D eigenvalue weighted by Gasteiger charge is -2.12. The Morgan fingerprint density at radius 2 is 1.97 bits per heavy atom. The van der Waals surface area contributed by atoms with Gasteiger partial charge in [0, 0.05) is 10.0 Å². The van der Waals surface area contributed by atoms with Crippen LogP contribution < -0.4 is 0 Å². The van der Waals surface area contributed by atoms with E-state index in [1.165, 1.54) is 17.4 Å². The largest absolute Gasteiger partial charge is 0.506 e. The van der Waals surface area contributed by atoms with Crippen molar-refractivity contribution in [2.75, 3.05) is 0 Å². The summed E-state index contributed by atoms with van der Waals surface area (Å²) in [5, 5.41) is 19.6. The monoisotopic (exact) mass is 627 g/mol. The second-order valence-electron chi connectivity index (χ2n) is 6.68. The lowest BCUT2D eigenvalue weighted by atomic mass is 10.2. The van der Waals surface area contributed by atoms with E-state index in [0.29, 0.717) is 41.5 Å². The smallest absolute Gasteiger partial charge is 0.267 e. The first-order valence-electron chi connectivity index (χ1n) is 9.30. The molecule has 2 heterocycles. The van der Waals surface area contributed by atoms with Crippen molar-refractivity contribution in [3.05, 3.63) is 89.5 Å². The lowest BCUT2D eigenvalue weighted by molar-refractivity contribution is -0.122. The Morgan fingerprint density at radius 1 is 1.15 bits per heavy atom. The number of phenols is 1. The van der Waals surface area contributed by atoms with Crippen LogP contribution in [0.25, 0.3) is 6.08 Å². The number of thioether (sulfide) groups is 1. The van der Waals surface area contributed by atoms with E-state index < -0.39 is 0 Å². The number of nitrogens with zero attached hydrogens (tertiary/aromatic N) is 3. The summed E-state index contributed by atoms with van der Waals surface area (Å²) in [5.41, 5.74) is 1.07. The Balaban J connectivity index is 1.68. The number of carbonyl (C=O) groups is 1. The summed E-state index contributed by atoms with van der Waals surface area (Å²) in [6, 6.07) is 12.1. The topological polar surface area (TPSA) is 78.4 Å². The molecule has 4 rings (SSSR count). The van der Waals surface area contributed by atoms with Crippen LogP contribution in [0, 0.1) is 0 Å². The maximum absolute atomic E-state index is 13.2. The molecule has 0 bridgehead atoms. The number of amidine groups is 1. The molecule has 1 N–H and O–H groups in total. The fourth-order valence-electron chi connectivity index (χ4n) is 2.88. The number of halogens is 4. The highest BCUT2D eigenvalue weighted by molar-refractivity contribution is 9.11. The molecule has 0 spiro atoms. The van der Waals surface area contributed by atoms with Crippen LogP contribution in [0.15, 0.2) is 77.2 Å². The molecule has 1 aromatic heterocycles. The Labute approximate surface area is 220 Å². The van der Waals surface area contributed by atoms with E-state index >= 15 is 0 Å². The average molecular weight is 630 g/mol. The zero-order chi connectivity index (χ0) is 23.5. The van der Waals surface area contributed by atoms with E-state index in [1.807, 2.05) is 0 Å². The van der Waals surface area contributed by atoms with Crippen molar-refractivity contribution >= 4 is 90.2 Å².